The number of carbonyl (C=O) groups excluding carboxylic acids is 2. The average Bonchev–Trinajstić information content (AvgIpc) is 2.33. The van der Waals surface area contributed by atoms with Gasteiger partial charge in [-0.25, -0.2) is 0 Å². The Bertz CT molecular complexity index is 341. The van der Waals surface area contributed by atoms with Gasteiger partial charge in [-0.15, -0.1) is 6.58 Å². The summed E-state index contributed by atoms with van der Waals surface area (Å²) >= 11 is 0. The fourth-order valence-corrected chi connectivity index (χ4v) is 2.39. The summed E-state index contributed by atoms with van der Waals surface area (Å²) < 4.78 is 0. The van der Waals surface area contributed by atoms with E-state index in [9.17, 15) is 9.59 Å². The summed E-state index contributed by atoms with van der Waals surface area (Å²) in [4.78, 5) is 26.1. The van der Waals surface area contributed by atoms with Crippen molar-refractivity contribution in [3.05, 3.63) is 12.7 Å². The fraction of sp³-hybridized carbons (Fsp3) is 0.714. The molecule has 4 heteroatoms. The second-order valence-electron chi connectivity index (χ2n) is 5.17. The van der Waals surface area contributed by atoms with Gasteiger partial charge in [-0.1, -0.05) is 26.3 Å². The van der Waals surface area contributed by atoms with Crippen LogP contribution in [0.25, 0.3) is 0 Å². The van der Waals surface area contributed by atoms with E-state index in [-0.39, 0.29) is 29.8 Å². The van der Waals surface area contributed by atoms with Crippen LogP contribution in [0.3, 0.4) is 0 Å². The maximum absolute atomic E-state index is 12.5. The number of piperazine rings is 1. The van der Waals surface area contributed by atoms with E-state index in [4.69, 9.17) is 0 Å². The summed E-state index contributed by atoms with van der Waals surface area (Å²) in [7, 11) is 0. The van der Waals surface area contributed by atoms with E-state index in [2.05, 4.69) is 11.9 Å². The Morgan fingerprint density at radius 2 is 2.06 bits per heavy atom. The van der Waals surface area contributed by atoms with Crippen LogP contribution in [0.2, 0.25) is 0 Å². The molecule has 0 saturated carbocycles. The number of rotatable bonds is 5. The molecule has 4 atom stereocenters. The topological polar surface area (TPSA) is 49.4 Å². The fourth-order valence-electron chi connectivity index (χ4n) is 2.39. The van der Waals surface area contributed by atoms with Crippen LogP contribution in [0.1, 0.15) is 40.5 Å². The number of amides is 2. The van der Waals surface area contributed by atoms with Gasteiger partial charge in [0.2, 0.25) is 11.8 Å². The number of hydrogen-bond donors (Lipinski definition) is 1. The Kier molecular flexibility index (Phi) is 4.93. The molecule has 102 valence electrons. The molecule has 1 fully saturated rings. The van der Waals surface area contributed by atoms with E-state index >= 15 is 0 Å². The molecule has 1 aliphatic heterocycles. The quantitative estimate of drug-likeness (QED) is 0.757. The molecule has 1 heterocycles. The van der Waals surface area contributed by atoms with E-state index in [1.165, 1.54) is 0 Å². The second kappa shape index (κ2) is 6.03. The lowest BCUT2D eigenvalue weighted by molar-refractivity contribution is -0.152. The minimum absolute atomic E-state index is 0.0163. The zero-order valence-corrected chi connectivity index (χ0v) is 11.8. The lowest BCUT2D eigenvalue weighted by Gasteiger charge is -2.42. The van der Waals surface area contributed by atoms with Crippen molar-refractivity contribution in [1.29, 1.82) is 0 Å². The molecular weight excluding hydrogens is 228 g/mol. The standard InChI is InChI=1S/C14H24N2O2/c1-6-8-10(4)16-11(5)13(17)15-12(14(16)18)9(3)7-2/h6,9-12H,1,7-8H2,2-5H3,(H,15,17). The SMILES string of the molecule is C=CCC(C)N1C(=O)C(C(C)CC)NC(=O)C1C. The van der Waals surface area contributed by atoms with Crippen LogP contribution >= 0.6 is 0 Å². The largest absolute Gasteiger partial charge is 0.342 e. The van der Waals surface area contributed by atoms with Crippen LogP contribution < -0.4 is 5.32 Å². The minimum Gasteiger partial charge on any atom is -0.342 e. The van der Waals surface area contributed by atoms with Crippen molar-refractivity contribution in [2.45, 2.75) is 58.7 Å². The van der Waals surface area contributed by atoms with Crippen LogP contribution in [0.5, 0.6) is 0 Å². The van der Waals surface area contributed by atoms with Crippen LogP contribution in [0, 0.1) is 5.92 Å². The van der Waals surface area contributed by atoms with Crippen molar-refractivity contribution >= 4 is 11.8 Å². The molecule has 1 saturated heterocycles. The molecule has 0 aliphatic carbocycles. The van der Waals surface area contributed by atoms with Gasteiger partial charge in [-0.3, -0.25) is 9.59 Å². The van der Waals surface area contributed by atoms with Crippen LogP contribution in [-0.2, 0) is 9.59 Å². The van der Waals surface area contributed by atoms with Crippen LogP contribution in [-0.4, -0.2) is 34.8 Å². The summed E-state index contributed by atoms with van der Waals surface area (Å²) in [5.74, 6) is 0.133. The molecule has 0 aromatic heterocycles. The smallest absolute Gasteiger partial charge is 0.246 e. The minimum atomic E-state index is -0.396. The van der Waals surface area contributed by atoms with Crippen molar-refractivity contribution in [3.8, 4) is 0 Å². The molecule has 4 unspecified atom stereocenters. The highest BCUT2D eigenvalue weighted by atomic mass is 16.2. The Labute approximate surface area is 109 Å². The lowest BCUT2D eigenvalue weighted by Crippen LogP contribution is -2.65. The van der Waals surface area contributed by atoms with E-state index in [0.717, 1.165) is 6.42 Å². The Morgan fingerprint density at radius 3 is 2.56 bits per heavy atom. The summed E-state index contributed by atoms with van der Waals surface area (Å²) in [5.41, 5.74) is 0. The normalized spacial score (nSPS) is 27.7. The van der Waals surface area contributed by atoms with Gasteiger partial charge >= 0.3 is 0 Å². The monoisotopic (exact) mass is 252 g/mol. The molecule has 1 N–H and O–H groups in total. The summed E-state index contributed by atoms with van der Waals surface area (Å²) in [6.07, 6.45) is 3.36. The van der Waals surface area contributed by atoms with Crippen LogP contribution in [0.15, 0.2) is 12.7 Å². The van der Waals surface area contributed by atoms with Gasteiger partial charge in [0.25, 0.3) is 0 Å². The maximum atomic E-state index is 12.5. The van der Waals surface area contributed by atoms with E-state index in [0.29, 0.717) is 6.42 Å². The highest BCUT2D eigenvalue weighted by molar-refractivity contribution is 5.97. The first-order valence-electron chi connectivity index (χ1n) is 6.67. The molecule has 0 spiro atoms. The summed E-state index contributed by atoms with van der Waals surface area (Å²) in [6.45, 7) is 11.5. The van der Waals surface area contributed by atoms with Gasteiger partial charge in [0.05, 0.1) is 0 Å². The molecule has 1 rings (SSSR count). The van der Waals surface area contributed by atoms with E-state index in [1.807, 2.05) is 20.8 Å². The third-order valence-electron chi connectivity index (χ3n) is 3.81. The Balaban J connectivity index is 2.95. The highest BCUT2D eigenvalue weighted by Crippen LogP contribution is 2.21. The van der Waals surface area contributed by atoms with Gasteiger partial charge in [-0.2, -0.15) is 0 Å². The van der Waals surface area contributed by atoms with Gasteiger partial charge < -0.3 is 10.2 Å². The maximum Gasteiger partial charge on any atom is 0.246 e. The molecule has 0 aromatic carbocycles. The van der Waals surface area contributed by atoms with E-state index < -0.39 is 6.04 Å². The molecule has 0 radical (unpaired) electrons. The van der Waals surface area contributed by atoms with Crippen molar-refractivity contribution < 1.29 is 9.59 Å². The predicted molar refractivity (Wildman–Crippen MR) is 72.0 cm³/mol. The van der Waals surface area contributed by atoms with Crippen molar-refractivity contribution in [1.82, 2.24) is 10.2 Å². The van der Waals surface area contributed by atoms with Crippen LogP contribution in [0.4, 0.5) is 0 Å². The number of nitrogens with one attached hydrogen (secondary N) is 1. The number of nitrogens with zero attached hydrogens (tertiary/aromatic N) is 1. The number of hydrogen-bond acceptors (Lipinski definition) is 2. The van der Waals surface area contributed by atoms with Gasteiger partial charge in [0.15, 0.2) is 0 Å². The van der Waals surface area contributed by atoms with Crippen molar-refractivity contribution in [3.63, 3.8) is 0 Å². The molecule has 18 heavy (non-hydrogen) atoms. The third kappa shape index (κ3) is 2.74. The number of carbonyl (C=O) groups is 2. The Hall–Kier alpha value is -1.32. The predicted octanol–water partition coefficient (Wildman–Crippen LogP) is 1.71. The summed E-state index contributed by atoms with van der Waals surface area (Å²) in [6, 6.07) is -0.763. The molecular formula is C14H24N2O2. The molecule has 1 aliphatic rings. The van der Waals surface area contributed by atoms with Crippen molar-refractivity contribution in [2.75, 3.05) is 0 Å². The van der Waals surface area contributed by atoms with E-state index in [1.54, 1.807) is 17.9 Å². The summed E-state index contributed by atoms with van der Waals surface area (Å²) in [5, 5.41) is 2.84. The Morgan fingerprint density at radius 1 is 1.44 bits per heavy atom. The second-order valence-corrected chi connectivity index (χ2v) is 5.17. The zero-order valence-electron chi connectivity index (χ0n) is 11.8. The molecule has 0 aromatic rings. The highest BCUT2D eigenvalue weighted by Gasteiger charge is 2.41. The third-order valence-corrected chi connectivity index (χ3v) is 3.81. The van der Waals surface area contributed by atoms with Gasteiger partial charge in [0, 0.05) is 6.04 Å². The average molecular weight is 252 g/mol. The zero-order chi connectivity index (χ0) is 13.9. The lowest BCUT2D eigenvalue weighted by atomic mass is 9.93. The van der Waals surface area contributed by atoms with Crippen molar-refractivity contribution in [2.24, 2.45) is 5.92 Å². The van der Waals surface area contributed by atoms with Gasteiger partial charge in [0.1, 0.15) is 12.1 Å². The molecule has 2 amide bonds. The first kappa shape index (κ1) is 14.7. The molecule has 4 nitrogen and oxygen atoms in total. The first-order valence-corrected chi connectivity index (χ1v) is 6.67. The van der Waals surface area contributed by atoms with Gasteiger partial charge in [-0.05, 0) is 26.2 Å². The molecule has 0 bridgehead atoms. The first-order chi connectivity index (χ1) is 8.43.